The van der Waals surface area contributed by atoms with E-state index in [9.17, 15) is 4.79 Å². The Morgan fingerprint density at radius 3 is 3.10 bits per heavy atom. The van der Waals surface area contributed by atoms with Crippen molar-refractivity contribution < 1.29 is 4.74 Å². The Morgan fingerprint density at radius 1 is 1.33 bits per heavy atom. The molecule has 21 heavy (non-hydrogen) atoms. The largest absolute Gasteiger partial charge is 0.381 e. The SMILES string of the molecule is O=c1[nH]c2ccc(Cn3cc(C4CCOC4)nn3)cc2[nH]1. The number of nitrogens with one attached hydrogen (secondary N) is 2. The lowest BCUT2D eigenvalue weighted by Gasteiger charge is -2.02. The Kier molecular flexibility index (Phi) is 2.85. The smallest absolute Gasteiger partial charge is 0.323 e. The summed E-state index contributed by atoms with van der Waals surface area (Å²) in [7, 11) is 0. The molecule has 1 fully saturated rings. The van der Waals surface area contributed by atoms with Crippen molar-refractivity contribution in [2.75, 3.05) is 13.2 Å². The Balaban J connectivity index is 1.57. The standard InChI is InChI=1S/C14H15N5O2/c20-14-15-11-2-1-9(5-12(11)16-14)6-19-7-13(17-18-19)10-3-4-21-8-10/h1-2,5,7,10H,3-4,6,8H2,(H2,15,16,20). The third-order valence-corrected chi connectivity index (χ3v) is 3.83. The second-order valence-electron chi connectivity index (χ2n) is 5.36. The monoisotopic (exact) mass is 285 g/mol. The van der Waals surface area contributed by atoms with E-state index in [0.717, 1.165) is 41.9 Å². The lowest BCUT2D eigenvalue weighted by Crippen LogP contribution is -2.00. The minimum Gasteiger partial charge on any atom is -0.381 e. The Labute approximate surface area is 119 Å². The van der Waals surface area contributed by atoms with Crippen molar-refractivity contribution in [1.29, 1.82) is 0 Å². The quantitative estimate of drug-likeness (QED) is 0.751. The molecule has 0 radical (unpaired) electrons. The van der Waals surface area contributed by atoms with Crippen molar-refractivity contribution in [3.8, 4) is 0 Å². The van der Waals surface area contributed by atoms with E-state index in [4.69, 9.17) is 4.74 Å². The number of hydrogen-bond donors (Lipinski definition) is 2. The molecule has 3 aromatic rings. The topological polar surface area (TPSA) is 88.6 Å². The van der Waals surface area contributed by atoms with Gasteiger partial charge < -0.3 is 14.7 Å². The number of benzene rings is 1. The van der Waals surface area contributed by atoms with Gasteiger partial charge in [0.05, 0.1) is 29.9 Å². The molecule has 0 amide bonds. The van der Waals surface area contributed by atoms with Crippen LogP contribution in [-0.2, 0) is 11.3 Å². The molecule has 108 valence electrons. The predicted molar refractivity (Wildman–Crippen MR) is 76.2 cm³/mol. The van der Waals surface area contributed by atoms with Gasteiger partial charge in [-0.3, -0.25) is 0 Å². The average molecular weight is 285 g/mol. The molecule has 0 aliphatic carbocycles. The maximum Gasteiger partial charge on any atom is 0.323 e. The van der Waals surface area contributed by atoms with Gasteiger partial charge in [-0.2, -0.15) is 0 Å². The van der Waals surface area contributed by atoms with Crippen LogP contribution in [0.4, 0.5) is 0 Å². The molecule has 0 saturated carbocycles. The lowest BCUT2D eigenvalue weighted by molar-refractivity contribution is 0.193. The number of aromatic amines is 2. The molecule has 1 aliphatic rings. The fourth-order valence-electron chi connectivity index (χ4n) is 2.71. The van der Waals surface area contributed by atoms with E-state index in [1.807, 2.05) is 29.1 Å². The van der Waals surface area contributed by atoms with Gasteiger partial charge in [0.15, 0.2) is 0 Å². The number of H-pyrrole nitrogens is 2. The van der Waals surface area contributed by atoms with Gasteiger partial charge in [0.2, 0.25) is 0 Å². The van der Waals surface area contributed by atoms with Gasteiger partial charge in [0.1, 0.15) is 0 Å². The van der Waals surface area contributed by atoms with Crippen LogP contribution in [0.1, 0.15) is 23.6 Å². The van der Waals surface area contributed by atoms with Crippen LogP contribution in [0.3, 0.4) is 0 Å². The number of nitrogens with zero attached hydrogens (tertiary/aromatic N) is 3. The Bertz CT molecular complexity index is 825. The molecule has 1 atom stereocenters. The fraction of sp³-hybridized carbons (Fsp3) is 0.357. The number of rotatable bonds is 3. The summed E-state index contributed by atoms with van der Waals surface area (Å²) in [5.41, 5.74) is 3.49. The predicted octanol–water partition coefficient (Wildman–Crippen LogP) is 1.000. The third kappa shape index (κ3) is 2.36. The van der Waals surface area contributed by atoms with Crippen LogP contribution in [0.2, 0.25) is 0 Å². The van der Waals surface area contributed by atoms with E-state index in [-0.39, 0.29) is 5.69 Å². The van der Waals surface area contributed by atoms with E-state index in [2.05, 4.69) is 20.3 Å². The van der Waals surface area contributed by atoms with Gasteiger partial charge in [-0.05, 0) is 24.1 Å². The highest BCUT2D eigenvalue weighted by atomic mass is 16.5. The molecule has 1 unspecified atom stereocenters. The van der Waals surface area contributed by atoms with Gasteiger partial charge in [-0.25, -0.2) is 9.48 Å². The molecule has 7 heteroatoms. The van der Waals surface area contributed by atoms with Gasteiger partial charge in [-0.1, -0.05) is 11.3 Å². The van der Waals surface area contributed by atoms with E-state index in [1.165, 1.54) is 0 Å². The van der Waals surface area contributed by atoms with Gasteiger partial charge in [-0.15, -0.1) is 5.10 Å². The van der Waals surface area contributed by atoms with Crippen LogP contribution < -0.4 is 5.69 Å². The maximum absolute atomic E-state index is 11.3. The van der Waals surface area contributed by atoms with E-state index in [1.54, 1.807) is 0 Å². The molecule has 2 N–H and O–H groups in total. The second kappa shape index (κ2) is 4.85. The summed E-state index contributed by atoms with van der Waals surface area (Å²) in [5, 5.41) is 8.40. The zero-order chi connectivity index (χ0) is 14.2. The molecule has 3 heterocycles. The highest BCUT2D eigenvalue weighted by Crippen LogP contribution is 2.23. The van der Waals surface area contributed by atoms with E-state index in [0.29, 0.717) is 12.5 Å². The molecule has 7 nitrogen and oxygen atoms in total. The number of ether oxygens (including phenoxy) is 1. The minimum absolute atomic E-state index is 0.188. The highest BCUT2D eigenvalue weighted by molar-refractivity contribution is 5.74. The summed E-state index contributed by atoms with van der Waals surface area (Å²) in [6.45, 7) is 2.16. The Hall–Kier alpha value is -2.41. The van der Waals surface area contributed by atoms with Crippen LogP contribution in [-0.4, -0.2) is 38.2 Å². The van der Waals surface area contributed by atoms with Crippen LogP contribution in [0, 0.1) is 0 Å². The number of imidazole rings is 1. The molecule has 1 aromatic carbocycles. The summed E-state index contributed by atoms with van der Waals surface area (Å²) >= 11 is 0. The summed E-state index contributed by atoms with van der Waals surface area (Å²) in [4.78, 5) is 16.8. The van der Waals surface area contributed by atoms with Gasteiger partial charge in [0, 0.05) is 18.7 Å². The van der Waals surface area contributed by atoms with Crippen molar-refractivity contribution in [1.82, 2.24) is 25.0 Å². The van der Waals surface area contributed by atoms with E-state index < -0.39 is 0 Å². The van der Waals surface area contributed by atoms with Crippen molar-refractivity contribution in [2.24, 2.45) is 0 Å². The first-order valence-electron chi connectivity index (χ1n) is 6.96. The number of aromatic nitrogens is 5. The van der Waals surface area contributed by atoms with Gasteiger partial charge in [0.25, 0.3) is 0 Å². The lowest BCUT2D eigenvalue weighted by atomic mass is 10.1. The molecule has 2 aromatic heterocycles. The highest BCUT2D eigenvalue weighted by Gasteiger charge is 2.20. The summed E-state index contributed by atoms with van der Waals surface area (Å²) in [6.07, 6.45) is 2.98. The first-order chi connectivity index (χ1) is 10.3. The summed E-state index contributed by atoms with van der Waals surface area (Å²) < 4.78 is 7.19. The summed E-state index contributed by atoms with van der Waals surface area (Å²) in [6, 6.07) is 5.82. The average Bonchev–Trinajstić information content (AvgIpc) is 3.16. The molecule has 1 aliphatic heterocycles. The minimum atomic E-state index is -0.188. The molecular formula is C14H15N5O2. The molecular weight excluding hydrogens is 270 g/mol. The van der Waals surface area contributed by atoms with Crippen molar-refractivity contribution in [3.63, 3.8) is 0 Å². The molecule has 0 bridgehead atoms. The van der Waals surface area contributed by atoms with Gasteiger partial charge >= 0.3 is 5.69 Å². The number of fused-ring (bicyclic) bond motifs is 1. The first kappa shape index (κ1) is 12.3. The molecule has 1 saturated heterocycles. The van der Waals surface area contributed by atoms with Crippen LogP contribution in [0.15, 0.2) is 29.2 Å². The summed E-state index contributed by atoms with van der Waals surface area (Å²) in [5.74, 6) is 0.363. The number of hydrogen-bond acceptors (Lipinski definition) is 4. The van der Waals surface area contributed by atoms with Crippen molar-refractivity contribution in [3.05, 3.63) is 46.1 Å². The zero-order valence-corrected chi connectivity index (χ0v) is 11.4. The third-order valence-electron chi connectivity index (χ3n) is 3.83. The normalized spacial score (nSPS) is 18.6. The van der Waals surface area contributed by atoms with Crippen LogP contribution >= 0.6 is 0 Å². The van der Waals surface area contributed by atoms with E-state index >= 15 is 0 Å². The van der Waals surface area contributed by atoms with Crippen LogP contribution in [0.25, 0.3) is 11.0 Å². The molecule has 4 rings (SSSR count). The maximum atomic E-state index is 11.3. The van der Waals surface area contributed by atoms with Crippen molar-refractivity contribution in [2.45, 2.75) is 18.9 Å². The zero-order valence-electron chi connectivity index (χ0n) is 11.4. The first-order valence-corrected chi connectivity index (χ1v) is 6.96. The second-order valence-corrected chi connectivity index (χ2v) is 5.36. The van der Waals surface area contributed by atoms with Crippen molar-refractivity contribution >= 4 is 11.0 Å². The fourth-order valence-corrected chi connectivity index (χ4v) is 2.71. The molecule has 0 spiro atoms. The van der Waals surface area contributed by atoms with Crippen LogP contribution in [0.5, 0.6) is 0 Å². The Morgan fingerprint density at radius 2 is 2.24 bits per heavy atom.